The fraction of sp³-hybridized carbons (Fsp3) is 0.625. The molecule has 1 aromatic rings. The Hall–Kier alpha value is -1.26. The normalized spacial score (nSPS) is 11.8. The molecule has 0 aliphatic heterocycles. The molecule has 0 spiro atoms. The van der Waals surface area contributed by atoms with Gasteiger partial charge in [0.25, 0.3) is 0 Å². The number of alkyl halides is 3. The SMILES string of the molecule is Nc1ccc(F)c(CCCCCCCCCC(F)(F)F)c1. The Labute approximate surface area is 123 Å². The van der Waals surface area contributed by atoms with Crippen molar-refractivity contribution in [3.05, 3.63) is 29.6 Å². The van der Waals surface area contributed by atoms with Gasteiger partial charge in [-0.25, -0.2) is 4.39 Å². The monoisotopic (exact) mass is 305 g/mol. The number of unbranched alkanes of at least 4 members (excludes halogenated alkanes) is 6. The van der Waals surface area contributed by atoms with E-state index in [2.05, 4.69) is 0 Å². The maximum absolute atomic E-state index is 13.4. The third-order valence-corrected chi connectivity index (χ3v) is 3.48. The number of hydrogen-bond donors (Lipinski definition) is 1. The van der Waals surface area contributed by atoms with Gasteiger partial charge in [-0.1, -0.05) is 32.1 Å². The number of rotatable bonds is 9. The lowest BCUT2D eigenvalue weighted by molar-refractivity contribution is -0.135. The second kappa shape index (κ2) is 8.90. The molecule has 0 saturated carbocycles. The van der Waals surface area contributed by atoms with Crippen molar-refractivity contribution in [3.8, 4) is 0 Å². The molecule has 0 fully saturated rings. The summed E-state index contributed by atoms with van der Waals surface area (Å²) in [6, 6.07) is 4.58. The molecule has 0 atom stereocenters. The molecular formula is C16H23F4N. The molecule has 1 rings (SSSR count). The van der Waals surface area contributed by atoms with Gasteiger partial charge in [0.2, 0.25) is 0 Å². The van der Waals surface area contributed by atoms with Gasteiger partial charge in [0.1, 0.15) is 5.82 Å². The van der Waals surface area contributed by atoms with E-state index in [4.69, 9.17) is 5.73 Å². The van der Waals surface area contributed by atoms with Crippen molar-refractivity contribution >= 4 is 5.69 Å². The minimum Gasteiger partial charge on any atom is -0.399 e. The van der Waals surface area contributed by atoms with Crippen LogP contribution in [0.15, 0.2) is 18.2 Å². The van der Waals surface area contributed by atoms with Crippen LogP contribution >= 0.6 is 0 Å². The maximum Gasteiger partial charge on any atom is 0.389 e. The number of nitrogen functional groups attached to an aromatic ring is 1. The molecule has 0 aromatic heterocycles. The van der Waals surface area contributed by atoms with Gasteiger partial charge in [0.15, 0.2) is 0 Å². The fourth-order valence-electron chi connectivity index (χ4n) is 2.31. The third kappa shape index (κ3) is 8.58. The fourth-order valence-corrected chi connectivity index (χ4v) is 2.31. The van der Waals surface area contributed by atoms with Crippen molar-refractivity contribution in [3.63, 3.8) is 0 Å². The average Bonchev–Trinajstić information content (AvgIpc) is 2.39. The average molecular weight is 305 g/mol. The van der Waals surface area contributed by atoms with Crippen LogP contribution in [0.4, 0.5) is 23.2 Å². The van der Waals surface area contributed by atoms with Crippen LogP contribution in [0.5, 0.6) is 0 Å². The second-order valence-corrected chi connectivity index (χ2v) is 5.44. The molecule has 0 radical (unpaired) electrons. The van der Waals surface area contributed by atoms with E-state index < -0.39 is 12.6 Å². The van der Waals surface area contributed by atoms with Gasteiger partial charge in [-0.15, -0.1) is 0 Å². The van der Waals surface area contributed by atoms with E-state index in [1.165, 1.54) is 6.07 Å². The topological polar surface area (TPSA) is 26.0 Å². The molecule has 120 valence electrons. The van der Waals surface area contributed by atoms with Crippen molar-refractivity contribution in [1.82, 2.24) is 0 Å². The highest BCUT2D eigenvalue weighted by Gasteiger charge is 2.25. The lowest BCUT2D eigenvalue weighted by Gasteiger charge is -2.06. The molecule has 0 unspecified atom stereocenters. The Kier molecular flexibility index (Phi) is 7.54. The maximum atomic E-state index is 13.4. The molecule has 1 nitrogen and oxygen atoms in total. The van der Waals surface area contributed by atoms with Gasteiger partial charge in [0, 0.05) is 12.1 Å². The van der Waals surface area contributed by atoms with E-state index in [1.54, 1.807) is 12.1 Å². The van der Waals surface area contributed by atoms with Crippen molar-refractivity contribution < 1.29 is 17.6 Å². The van der Waals surface area contributed by atoms with Crippen LogP contribution in [0.1, 0.15) is 56.9 Å². The van der Waals surface area contributed by atoms with E-state index in [0.29, 0.717) is 24.1 Å². The summed E-state index contributed by atoms with van der Waals surface area (Å²) in [5.41, 5.74) is 6.81. The molecule has 0 aliphatic rings. The molecule has 21 heavy (non-hydrogen) atoms. The van der Waals surface area contributed by atoms with Crippen LogP contribution in [0, 0.1) is 5.82 Å². The zero-order valence-corrected chi connectivity index (χ0v) is 12.2. The van der Waals surface area contributed by atoms with E-state index in [-0.39, 0.29) is 12.2 Å². The Bertz CT molecular complexity index is 415. The third-order valence-electron chi connectivity index (χ3n) is 3.48. The van der Waals surface area contributed by atoms with Gasteiger partial charge in [-0.2, -0.15) is 13.2 Å². The van der Waals surface area contributed by atoms with Gasteiger partial charge in [-0.3, -0.25) is 0 Å². The number of hydrogen-bond acceptors (Lipinski definition) is 1. The van der Waals surface area contributed by atoms with Gasteiger partial charge >= 0.3 is 6.18 Å². The summed E-state index contributed by atoms with van der Waals surface area (Å²) in [6.45, 7) is 0. The first-order chi connectivity index (χ1) is 9.88. The van der Waals surface area contributed by atoms with E-state index in [0.717, 1.165) is 32.1 Å². The van der Waals surface area contributed by atoms with Crippen LogP contribution in [-0.4, -0.2) is 6.18 Å². The molecule has 5 heteroatoms. The zero-order chi connectivity index (χ0) is 15.7. The van der Waals surface area contributed by atoms with Crippen molar-refractivity contribution in [2.45, 2.75) is 64.0 Å². The first kappa shape index (κ1) is 17.8. The van der Waals surface area contributed by atoms with Crippen LogP contribution < -0.4 is 5.73 Å². The first-order valence-corrected chi connectivity index (χ1v) is 7.49. The predicted octanol–water partition coefficient (Wildman–Crippen LogP) is 5.63. The summed E-state index contributed by atoms with van der Waals surface area (Å²) in [4.78, 5) is 0. The standard InChI is InChI=1S/C16H23F4N/c17-15-10-9-14(21)12-13(15)8-6-4-2-1-3-5-7-11-16(18,19)20/h9-10,12H,1-8,11,21H2. The number of nitrogens with two attached hydrogens (primary N) is 1. The first-order valence-electron chi connectivity index (χ1n) is 7.49. The van der Waals surface area contributed by atoms with Crippen LogP contribution in [0.3, 0.4) is 0 Å². The van der Waals surface area contributed by atoms with Gasteiger partial charge in [0.05, 0.1) is 0 Å². The molecule has 0 heterocycles. The molecule has 0 bridgehead atoms. The number of aryl methyl sites for hydroxylation is 1. The van der Waals surface area contributed by atoms with Crippen molar-refractivity contribution in [2.75, 3.05) is 5.73 Å². The Morgan fingerprint density at radius 1 is 0.857 bits per heavy atom. The second-order valence-electron chi connectivity index (χ2n) is 5.44. The molecule has 0 saturated heterocycles. The van der Waals surface area contributed by atoms with Crippen molar-refractivity contribution in [1.29, 1.82) is 0 Å². The van der Waals surface area contributed by atoms with Crippen LogP contribution in [0.2, 0.25) is 0 Å². The van der Waals surface area contributed by atoms with Crippen LogP contribution in [-0.2, 0) is 6.42 Å². The zero-order valence-electron chi connectivity index (χ0n) is 12.2. The Morgan fingerprint density at radius 2 is 1.43 bits per heavy atom. The number of anilines is 1. The quantitative estimate of drug-likeness (QED) is 0.357. The highest BCUT2D eigenvalue weighted by atomic mass is 19.4. The molecule has 0 aliphatic carbocycles. The number of benzene rings is 1. The number of halogens is 4. The minimum absolute atomic E-state index is 0.220. The summed E-state index contributed by atoms with van der Waals surface area (Å²) >= 11 is 0. The molecule has 2 N–H and O–H groups in total. The highest BCUT2D eigenvalue weighted by Crippen LogP contribution is 2.23. The van der Waals surface area contributed by atoms with Crippen LogP contribution in [0.25, 0.3) is 0 Å². The Morgan fingerprint density at radius 3 is 2.05 bits per heavy atom. The molecular weight excluding hydrogens is 282 g/mol. The van der Waals surface area contributed by atoms with Gasteiger partial charge in [-0.05, 0) is 43.0 Å². The lowest BCUT2D eigenvalue weighted by Crippen LogP contribution is -2.06. The Balaban J connectivity index is 2.01. The minimum atomic E-state index is -4.03. The highest BCUT2D eigenvalue weighted by molar-refractivity contribution is 5.41. The smallest absolute Gasteiger partial charge is 0.389 e. The summed E-state index contributed by atoms with van der Waals surface area (Å²) in [7, 11) is 0. The molecule has 0 amide bonds. The van der Waals surface area contributed by atoms with Gasteiger partial charge < -0.3 is 5.73 Å². The predicted molar refractivity (Wildman–Crippen MR) is 77.5 cm³/mol. The summed E-state index contributed by atoms with van der Waals surface area (Å²) in [6.07, 6.45) is 1.40. The summed E-state index contributed by atoms with van der Waals surface area (Å²) < 4.78 is 49.2. The van der Waals surface area contributed by atoms with E-state index >= 15 is 0 Å². The lowest BCUT2D eigenvalue weighted by atomic mass is 10.0. The largest absolute Gasteiger partial charge is 0.399 e. The summed E-state index contributed by atoms with van der Waals surface area (Å²) in [5.74, 6) is -0.226. The van der Waals surface area contributed by atoms with Crippen molar-refractivity contribution in [2.24, 2.45) is 0 Å². The van der Waals surface area contributed by atoms with E-state index in [9.17, 15) is 17.6 Å². The summed E-state index contributed by atoms with van der Waals surface area (Å²) in [5, 5.41) is 0. The molecule has 1 aromatic carbocycles. The van der Waals surface area contributed by atoms with E-state index in [1.807, 2.05) is 0 Å².